The number of aliphatic hydroxyl groups excluding tert-OH is 2. The molecule has 0 bridgehead atoms. The van der Waals surface area contributed by atoms with Crippen LogP contribution in [0.2, 0.25) is 5.02 Å². The lowest BCUT2D eigenvalue weighted by Crippen LogP contribution is -2.22. The molecule has 2 amide bonds. The van der Waals surface area contributed by atoms with Gasteiger partial charge >= 0.3 is 6.03 Å². The molecular weight excluding hydrogens is 546 g/mol. The first-order chi connectivity index (χ1) is 19.9. The molecule has 3 rings (SSSR count). The number of phenols is 1. The van der Waals surface area contributed by atoms with Gasteiger partial charge in [-0.2, -0.15) is 0 Å². The number of carbonyl (C=O) groups is 1. The number of urea groups is 1. The number of benzene rings is 3. The van der Waals surface area contributed by atoms with Crippen molar-refractivity contribution in [3.63, 3.8) is 0 Å². The molecular formula is C31H40ClN3O6. The van der Waals surface area contributed by atoms with E-state index in [4.69, 9.17) is 21.1 Å². The Morgan fingerprint density at radius 3 is 2.37 bits per heavy atom. The van der Waals surface area contributed by atoms with Crippen LogP contribution in [-0.2, 0) is 22.7 Å². The van der Waals surface area contributed by atoms with Crippen molar-refractivity contribution in [3.8, 4) is 5.75 Å². The van der Waals surface area contributed by atoms with E-state index in [9.17, 15) is 20.1 Å². The van der Waals surface area contributed by atoms with E-state index in [0.29, 0.717) is 60.5 Å². The minimum Gasteiger partial charge on any atom is -0.508 e. The Labute approximate surface area is 246 Å². The maximum absolute atomic E-state index is 12.2. The summed E-state index contributed by atoms with van der Waals surface area (Å²) in [5, 5.41) is 38.5. The SMILES string of the molecule is O=C(Nc1cccc(Cl)c1)Nc1cccc(COCCOCCCCCCNC[C@@H](O)c2ccc(O)c(CO)c2)c1. The minimum absolute atomic E-state index is 0.0297. The predicted molar refractivity (Wildman–Crippen MR) is 161 cm³/mol. The molecule has 0 heterocycles. The van der Waals surface area contributed by atoms with E-state index in [1.54, 1.807) is 36.4 Å². The van der Waals surface area contributed by atoms with Crippen molar-refractivity contribution in [3.05, 3.63) is 88.4 Å². The van der Waals surface area contributed by atoms with E-state index in [-0.39, 0.29) is 18.4 Å². The van der Waals surface area contributed by atoms with Crippen LogP contribution in [0.15, 0.2) is 66.7 Å². The number of halogens is 1. The van der Waals surface area contributed by atoms with Gasteiger partial charge in [0.15, 0.2) is 0 Å². The lowest BCUT2D eigenvalue weighted by molar-refractivity contribution is 0.0393. The highest BCUT2D eigenvalue weighted by Gasteiger charge is 2.10. The third-order valence-corrected chi connectivity index (χ3v) is 6.53. The highest BCUT2D eigenvalue weighted by atomic mass is 35.5. The van der Waals surface area contributed by atoms with Gasteiger partial charge in [0.1, 0.15) is 5.75 Å². The fraction of sp³-hybridized carbons (Fsp3) is 0.387. The van der Waals surface area contributed by atoms with Crippen molar-refractivity contribution in [2.75, 3.05) is 43.5 Å². The van der Waals surface area contributed by atoms with E-state index in [2.05, 4.69) is 16.0 Å². The van der Waals surface area contributed by atoms with E-state index < -0.39 is 6.10 Å². The first-order valence-corrected chi connectivity index (χ1v) is 14.2. The molecule has 41 heavy (non-hydrogen) atoms. The summed E-state index contributed by atoms with van der Waals surface area (Å²) in [6, 6.07) is 18.9. The standard InChI is InChI=1S/C31H40ClN3O6/c32-26-8-6-10-28(19-26)35-31(39)34-27-9-5-7-23(17-27)22-41-16-15-40-14-4-2-1-3-13-33-20-30(38)24-11-12-29(37)25(18-24)21-36/h5-12,17-19,30,33,36-38H,1-4,13-16,20-22H2,(H2,34,35,39)/t30-/m1/s1. The number of unbranched alkanes of at least 4 members (excludes halogenated alkanes) is 3. The second-order valence-electron chi connectivity index (χ2n) is 9.64. The van der Waals surface area contributed by atoms with Crippen LogP contribution in [0.5, 0.6) is 5.75 Å². The molecule has 222 valence electrons. The monoisotopic (exact) mass is 585 g/mol. The molecule has 10 heteroatoms. The van der Waals surface area contributed by atoms with Gasteiger partial charge in [-0.25, -0.2) is 4.79 Å². The van der Waals surface area contributed by atoms with Crippen LogP contribution in [0, 0.1) is 0 Å². The second kappa shape index (κ2) is 18.3. The van der Waals surface area contributed by atoms with Crippen LogP contribution >= 0.6 is 11.6 Å². The molecule has 0 radical (unpaired) electrons. The molecule has 0 fully saturated rings. The van der Waals surface area contributed by atoms with E-state index in [1.165, 1.54) is 6.07 Å². The molecule has 0 aliphatic carbocycles. The van der Waals surface area contributed by atoms with Gasteiger partial charge in [0.25, 0.3) is 0 Å². The molecule has 0 aliphatic heterocycles. The smallest absolute Gasteiger partial charge is 0.323 e. The van der Waals surface area contributed by atoms with Crippen LogP contribution < -0.4 is 16.0 Å². The molecule has 1 atom stereocenters. The molecule has 3 aromatic carbocycles. The maximum Gasteiger partial charge on any atom is 0.323 e. The lowest BCUT2D eigenvalue weighted by atomic mass is 10.1. The van der Waals surface area contributed by atoms with Crippen LogP contribution in [0.4, 0.5) is 16.2 Å². The van der Waals surface area contributed by atoms with Gasteiger partial charge in [-0.15, -0.1) is 0 Å². The van der Waals surface area contributed by atoms with Crippen molar-refractivity contribution in [2.45, 2.75) is 45.0 Å². The molecule has 0 saturated carbocycles. The van der Waals surface area contributed by atoms with Crippen LogP contribution in [0.3, 0.4) is 0 Å². The summed E-state index contributed by atoms with van der Waals surface area (Å²) in [7, 11) is 0. The van der Waals surface area contributed by atoms with E-state index in [0.717, 1.165) is 37.8 Å². The Kier molecular flexibility index (Phi) is 14.4. The van der Waals surface area contributed by atoms with Gasteiger partial charge in [-0.05, 0) is 73.0 Å². The van der Waals surface area contributed by atoms with Crippen LogP contribution in [-0.4, -0.2) is 54.3 Å². The molecule has 9 nitrogen and oxygen atoms in total. The first kappa shape index (κ1) is 32.3. The normalized spacial score (nSPS) is 11.8. The van der Waals surface area contributed by atoms with Gasteiger partial charge in [0.2, 0.25) is 0 Å². The van der Waals surface area contributed by atoms with Gasteiger partial charge in [0, 0.05) is 35.1 Å². The largest absolute Gasteiger partial charge is 0.508 e. The quantitative estimate of drug-likeness (QED) is 0.107. The minimum atomic E-state index is -0.691. The maximum atomic E-state index is 12.2. The molecule has 0 saturated heterocycles. The zero-order chi connectivity index (χ0) is 29.3. The number of ether oxygens (including phenoxy) is 2. The molecule has 0 aromatic heterocycles. The number of hydrogen-bond donors (Lipinski definition) is 6. The fourth-order valence-electron chi connectivity index (χ4n) is 4.11. The van der Waals surface area contributed by atoms with Gasteiger partial charge in [-0.3, -0.25) is 0 Å². The number of aliphatic hydroxyl groups is 2. The molecule has 3 aromatic rings. The average Bonchev–Trinajstić information content (AvgIpc) is 2.95. The Morgan fingerprint density at radius 2 is 1.59 bits per heavy atom. The van der Waals surface area contributed by atoms with Gasteiger partial charge < -0.3 is 40.7 Å². The topological polar surface area (TPSA) is 132 Å². The summed E-state index contributed by atoms with van der Waals surface area (Å²) in [6.07, 6.45) is 3.42. The Bertz CT molecular complexity index is 1210. The third-order valence-electron chi connectivity index (χ3n) is 6.30. The summed E-state index contributed by atoms with van der Waals surface area (Å²) in [5.41, 5.74) is 3.31. The summed E-state index contributed by atoms with van der Waals surface area (Å²) in [6.45, 7) is 3.07. The van der Waals surface area contributed by atoms with Crippen molar-refractivity contribution < 1.29 is 29.6 Å². The third kappa shape index (κ3) is 12.5. The lowest BCUT2D eigenvalue weighted by Gasteiger charge is -2.14. The van der Waals surface area contributed by atoms with E-state index in [1.807, 2.05) is 24.3 Å². The first-order valence-electron chi connectivity index (χ1n) is 13.8. The molecule has 0 unspecified atom stereocenters. The number of nitrogens with one attached hydrogen (secondary N) is 3. The highest BCUT2D eigenvalue weighted by molar-refractivity contribution is 6.30. The zero-order valence-corrected chi connectivity index (χ0v) is 23.9. The van der Waals surface area contributed by atoms with Crippen molar-refractivity contribution in [1.82, 2.24) is 5.32 Å². The summed E-state index contributed by atoms with van der Waals surface area (Å²) < 4.78 is 11.4. The number of carbonyl (C=O) groups excluding carboxylic acids is 1. The van der Waals surface area contributed by atoms with Gasteiger partial charge in [-0.1, -0.05) is 48.7 Å². The fourth-order valence-corrected chi connectivity index (χ4v) is 4.30. The van der Waals surface area contributed by atoms with Crippen molar-refractivity contribution in [1.29, 1.82) is 0 Å². The van der Waals surface area contributed by atoms with Crippen LogP contribution in [0.25, 0.3) is 0 Å². The Morgan fingerprint density at radius 1 is 0.854 bits per heavy atom. The number of rotatable bonds is 18. The zero-order valence-electron chi connectivity index (χ0n) is 23.2. The Balaban J connectivity index is 1.16. The summed E-state index contributed by atoms with van der Waals surface area (Å²) >= 11 is 5.95. The summed E-state index contributed by atoms with van der Waals surface area (Å²) in [4.78, 5) is 12.2. The number of anilines is 2. The highest BCUT2D eigenvalue weighted by Crippen LogP contribution is 2.22. The summed E-state index contributed by atoms with van der Waals surface area (Å²) in [5.74, 6) is 0.0297. The molecule has 0 aliphatic rings. The average molecular weight is 586 g/mol. The number of amides is 2. The predicted octanol–water partition coefficient (Wildman–Crippen LogP) is 5.60. The molecule has 0 spiro atoms. The second-order valence-corrected chi connectivity index (χ2v) is 10.1. The van der Waals surface area contributed by atoms with E-state index >= 15 is 0 Å². The van der Waals surface area contributed by atoms with Crippen molar-refractivity contribution in [2.24, 2.45) is 0 Å². The number of aromatic hydroxyl groups is 1. The van der Waals surface area contributed by atoms with Gasteiger partial charge in [0.05, 0.1) is 32.5 Å². The number of hydrogen-bond acceptors (Lipinski definition) is 7. The Hall–Kier alpha value is -3.18. The molecule has 6 N–H and O–H groups in total. The van der Waals surface area contributed by atoms with Crippen molar-refractivity contribution >= 4 is 29.0 Å². The van der Waals surface area contributed by atoms with Crippen LogP contribution in [0.1, 0.15) is 48.5 Å².